The van der Waals surface area contributed by atoms with Crippen LogP contribution in [0.4, 0.5) is 10.5 Å². The summed E-state index contributed by atoms with van der Waals surface area (Å²) in [5.41, 5.74) is 2.62. The van der Waals surface area contributed by atoms with E-state index in [1.54, 1.807) is 0 Å². The molecule has 3 N–H and O–H groups in total. The first-order valence-corrected chi connectivity index (χ1v) is 11.1. The monoisotopic (exact) mass is 425 g/mol. The van der Waals surface area contributed by atoms with Gasteiger partial charge in [0, 0.05) is 17.9 Å². The number of carbonyl (C=O) groups excluding carboxylic acids is 1. The molecule has 0 aliphatic carbocycles. The predicted octanol–water partition coefficient (Wildman–Crippen LogP) is 5.51. The van der Waals surface area contributed by atoms with Gasteiger partial charge in [0.1, 0.15) is 0 Å². The molecule has 2 amide bonds. The van der Waals surface area contributed by atoms with Crippen LogP contribution in [0.15, 0.2) is 29.4 Å². The molecule has 7 nitrogen and oxygen atoms in total. The van der Waals surface area contributed by atoms with E-state index in [0.717, 1.165) is 11.1 Å². The third-order valence-electron chi connectivity index (χ3n) is 4.31. The highest BCUT2D eigenvalue weighted by Crippen LogP contribution is 2.32. The van der Waals surface area contributed by atoms with Crippen molar-refractivity contribution in [3.05, 3.63) is 40.5 Å². The number of amides is 2. The van der Waals surface area contributed by atoms with Gasteiger partial charge in [-0.3, -0.25) is 4.68 Å². The van der Waals surface area contributed by atoms with Crippen LogP contribution in [0.3, 0.4) is 0 Å². The predicted molar refractivity (Wildman–Crippen MR) is 114 cm³/mol. The molecule has 0 spiro atoms. The lowest BCUT2D eigenvalue weighted by Gasteiger charge is -2.20. The van der Waals surface area contributed by atoms with Crippen LogP contribution in [0.5, 0.6) is 0 Å². The lowest BCUT2D eigenvalue weighted by Crippen LogP contribution is -2.34. The lowest BCUT2D eigenvalue weighted by atomic mass is 9.93. The Morgan fingerprint density at radius 3 is 2.11 bits per heavy atom. The van der Waals surface area contributed by atoms with Gasteiger partial charge >= 0.3 is 6.03 Å². The number of nitrogens with one attached hydrogen (secondary N) is 3. The van der Waals surface area contributed by atoms with Crippen LogP contribution < -0.4 is 10.0 Å². The van der Waals surface area contributed by atoms with Gasteiger partial charge in [0.05, 0.1) is 5.02 Å². The van der Waals surface area contributed by atoms with E-state index >= 15 is 0 Å². The van der Waals surface area contributed by atoms with Crippen LogP contribution in [0, 0.1) is 4.78 Å². The maximum Gasteiger partial charge on any atom is 0.332 e. The molecule has 1 heterocycles. The van der Waals surface area contributed by atoms with Gasteiger partial charge in [-0.05, 0) is 36.8 Å². The summed E-state index contributed by atoms with van der Waals surface area (Å²) in [6, 6.07) is 5.11. The molecule has 0 aliphatic rings. The number of para-hydroxylation sites is 1. The summed E-state index contributed by atoms with van der Waals surface area (Å²) in [6.45, 7) is 11.9. The number of benzene rings is 1. The smallest absolute Gasteiger partial charge is 0.307 e. The van der Waals surface area contributed by atoms with Crippen molar-refractivity contribution in [3.63, 3.8) is 0 Å². The number of urea groups is 1. The minimum atomic E-state index is -3.72. The molecule has 2 aromatic rings. The van der Waals surface area contributed by atoms with Crippen LogP contribution in [-0.2, 0) is 9.92 Å². The van der Waals surface area contributed by atoms with Gasteiger partial charge in [0.15, 0.2) is 14.9 Å². The molecule has 1 aromatic heterocycles. The van der Waals surface area contributed by atoms with E-state index in [-0.39, 0.29) is 27.9 Å². The Balaban J connectivity index is 2.32. The standard InChI is InChI=1S/C19H28ClN5O2S/c1-11(2)14-8-7-9-15(12(3)4)17(14)22-19(26)24-28(21,27)18-16(20)10-25(23-18)13(5)6/h7-13H,1-6H3,(H3,21,22,24,26,27). The van der Waals surface area contributed by atoms with Crippen molar-refractivity contribution in [2.45, 2.75) is 64.4 Å². The zero-order valence-corrected chi connectivity index (χ0v) is 18.6. The zero-order chi connectivity index (χ0) is 21.2. The highest BCUT2D eigenvalue weighted by molar-refractivity contribution is 7.91. The third kappa shape index (κ3) is 4.86. The molecule has 0 saturated carbocycles. The maximum absolute atomic E-state index is 12.8. The molecule has 154 valence electrons. The Morgan fingerprint density at radius 2 is 1.68 bits per heavy atom. The van der Waals surface area contributed by atoms with Crippen molar-refractivity contribution in [1.82, 2.24) is 14.5 Å². The lowest BCUT2D eigenvalue weighted by molar-refractivity contribution is 0.256. The van der Waals surface area contributed by atoms with Crippen molar-refractivity contribution in [2.75, 3.05) is 5.32 Å². The first-order valence-electron chi connectivity index (χ1n) is 9.19. The molecule has 0 aliphatic heterocycles. The summed E-state index contributed by atoms with van der Waals surface area (Å²) in [7, 11) is -3.72. The highest BCUT2D eigenvalue weighted by Gasteiger charge is 2.23. The molecule has 0 saturated heterocycles. The van der Waals surface area contributed by atoms with Crippen LogP contribution in [0.25, 0.3) is 0 Å². The van der Waals surface area contributed by atoms with Crippen LogP contribution >= 0.6 is 11.6 Å². The van der Waals surface area contributed by atoms with E-state index in [1.165, 1.54) is 10.9 Å². The number of aromatic nitrogens is 2. The Hall–Kier alpha value is -2.06. The molecular weight excluding hydrogens is 398 g/mol. The Labute approximate surface area is 172 Å². The molecule has 1 atom stereocenters. The van der Waals surface area contributed by atoms with Gasteiger partial charge in [0.25, 0.3) is 0 Å². The van der Waals surface area contributed by atoms with E-state index in [9.17, 15) is 9.00 Å². The second-order valence-electron chi connectivity index (χ2n) is 7.59. The van der Waals surface area contributed by atoms with Crippen molar-refractivity contribution >= 4 is 33.2 Å². The summed E-state index contributed by atoms with van der Waals surface area (Å²) in [4.78, 5) is 12.6. The number of hydrogen-bond acceptors (Lipinski definition) is 4. The fourth-order valence-electron chi connectivity index (χ4n) is 2.83. The second kappa shape index (κ2) is 8.53. The molecule has 1 aromatic carbocycles. The molecule has 9 heteroatoms. The minimum Gasteiger partial charge on any atom is -0.307 e. The van der Waals surface area contributed by atoms with E-state index in [1.807, 2.05) is 59.7 Å². The normalized spacial score (nSPS) is 13.8. The largest absolute Gasteiger partial charge is 0.332 e. The SMILES string of the molecule is CC(C)c1cccc(C(C)C)c1NC(=O)NS(=N)(=O)c1nn(C(C)C)cc1Cl. The zero-order valence-electron chi connectivity index (χ0n) is 17.0. The average Bonchev–Trinajstić information content (AvgIpc) is 2.97. The highest BCUT2D eigenvalue weighted by atomic mass is 35.5. The number of halogens is 1. The molecule has 28 heavy (non-hydrogen) atoms. The fraction of sp³-hybridized carbons (Fsp3) is 0.474. The van der Waals surface area contributed by atoms with E-state index in [2.05, 4.69) is 15.1 Å². The first kappa shape index (κ1) is 22.2. The van der Waals surface area contributed by atoms with E-state index in [0.29, 0.717) is 5.69 Å². The molecule has 0 radical (unpaired) electrons. The quantitative estimate of drug-likeness (QED) is 0.569. The number of carbonyl (C=O) groups is 1. The second-order valence-corrected chi connectivity index (χ2v) is 9.70. The van der Waals surface area contributed by atoms with E-state index < -0.39 is 15.9 Å². The number of nitrogens with zero attached hydrogens (tertiary/aromatic N) is 2. The van der Waals surface area contributed by atoms with Crippen molar-refractivity contribution in [3.8, 4) is 0 Å². The van der Waals surface area contributed by atoms with Crippen molar-refractivity contribution < 1.29 is 9.00 Å². The Kier molecular flexibility index (Phi) is 6.77. The summed E-state index contributed by atoms with van der Waals surface area (Å²) < 4.78 is 24.7. The fourth-order valence-corrected chi connectivity index (χ4v) is 4.23. The summed E-state index contributed by atoms with van der Waals surface area (Å²) in [5, 5.41) is 6.83. The van der Waals surface area contributed by atoms with Gasteiger partial charge in [-0.15, -0.1) is 0 Å². The number of rotatable bonds is 6. The van der Waals surface area contributed by atoms with Crippen molar-refractivity contribution in [1.29, 1.82) is 4.78 Å². The van der Waals surface area contributed by atoms with Crippen molar-refractivity contribution in [2.24, 2.45) is 0 Å². The molecule has 0 fully saturated rings. The summed E-state index contributed by atoms with van der Waals surface area (Å²) >= 11 is 6.10. The summed E-state index contributed by atoms with van der Waals surface area (Å²) in [5.74, 6) is 0.371. The van der Waals surface area contributed by atoms with Crippen LogP contribution in [-0.4, -0.2) is 20.0 Å². The Morgan fingerprint density at radius 1 is 1.14 bits per heavy atom. The van der Waals surface area contributed by atoms with Gasteiger partial charge < -0.3 is 5.32 Å². The van der Waals surface area contributed by atoms with Crippen LogP contribution in [0.2, 0.25) is 5.02 Å². The number of anilines is 1. The first-order chi connectivity index (χ1) is 12.9. The van der Waals surface area contributed by atoms with Gasteiger partial charge in [-0.2, -0.15) is 5.10 Å². The Bertz CT molecular complexity index is 938. The molecule has 0 bridgehead atoms. The number of hydrogen-bond donors (Lipinski definition) is 3. The van der Waals surface area contributed by atoms with E-state index in [4.69, 9.17) is 16.4 Å². The van der Waals surface area contributed by atoms with Gasteiger partial charge in [0.2, 0.25) is 0 Å². The van der Waals surface area contributed by atoms with Gasteiger partial charge in [-0.25, -0.2) is 18.5 Å². The van der Waals surface area contributed by atoms with Crippen LogP contribution in [0.1, 0.15) is 70.5 Å². The molecule has 1 unspecified atom stereocenters. The molecule has 2 rings (SSSR count). The average molecular weight is 426 g/mol. The van der Waals surface area contributed by atoms with Gasteiger partial charge in [-0.1, -0.05) is 57.5 Å². The molecular formula is C19H28ClN5O2S. The minimum absolute atomic E-state index is 0.0122. The third-order valence-corrected chi connectivity index (χ3v) is 6.01. The topological polar surface area (TPSA) is 99.9 Å². The maximum atomic E-state index is 12.8. The summed E-state index contributed by atoms with van der Waals surface area (Å²) in [6.07, 6.45) is 1.50.